The summed E-state index contributed by atoms with van der Waals surface area (Å²) in [4.78, 5) is 24.4. The SMILES string of the molecule is O=C(Oc1ccc2c(c1)OC(=Cc1ccco1)C2=O)c1ccccc1. The molecule has 0 spiro atoms. The molecule has 0 amide bonds. The van der Waals surface area contributed by atoms with Gasteiger partial charge in [0.05, 0.1) is 17.4 Å². The van der Waals surface area contributed by atoms with Crippen LogP contribution in [0.4, 0.5) is 0 Å². The van der Waals surface area contributed by atoms with E-state index in [1.807, 2.05) is 6.07 Å². The third kappa shape index (κ3) is 2.95. The van der Waals surface area contributed by atoms with Crippen LogP contribution in [-0.4, -0.2) is 11.8 Å². The van der Waals surface area contributed by atoms with E-state index in [-0.39, 0.29) is 11.5 Å². The van der Waals surface area contributed by atoms with Gasteiger partial charge in [-0.3, -0.25) is 4.79 Å². The molecule has 25 heavy (non-hydrogen) atoms. The quantitative estimate of drug-likeness (QED) is 0.410. The molecule has 1 aliphatic rings. The molecule has 4 rings (SSSR count). The van der Waals surface area contributed by atoms with Crippen molar-refractivity contribution in [3.8, 4) is 11.5 Å². The predicted octanol–water partition coefficient (Wildman–Crippen LogP) is 4.12. The van der Waals surface area contributed by atoms with Crippen molar-refractivity contribution in [3.63, 3.8) is 0 Å². The molecule has 0 aliphatic carbocycles. The lowest BCUT2D eigenvalue weighted by Gasteiger charge is -2.05. The standard InChI is InChI=1S/C20H12O5/c21-19-16-9-8-15(24-20(22)13-5-2-1-3-6-13)12-17(16)25-18(19)11-14-7-4-10-23-14/h1-12H. The predicted molar refractivity (Wildman–Crippen MR) is 89.5 cm³/mol. The Kier molecular flexibility index (Phi) is 3.67. The molecule has 1 aliphatic heterocycles. The molecule has 0 saturated carbocycles. The molecule has 0 bridgehead atoms. The van der Waals surface area contributed by atoms with Gasteiger partial charge >= 0.3 is 5.97 Å². The second-order valence-electron chi connectivity index (χ2n) is 5.37. The number of allylic oxidation sites excluding steroid dienone is 1. The van der Waals surface area contributed by atoms with Crippen LogP contribution in [-0.2, 0) is 0 Å². The molecule has 5 nitrogen and oxygen atoms in total. The lowest BCUT2D eigenvalue weighted by Crippen LogP contribution is -2.08. The van der Waals surface area contributed by atoms with Gasteiger partial charge in [0.1, 0.15) is 17.3 Å². The molecular weight excluding hydrogens is 320 g/mol. The largest absolute Gasteiger partial charge is 0.465 e. The van der Waals surface area contributed by atoms with E-state index in [0.29, 0.717) is 28.4 Å². The molecular formula is C20H12O5. The first-order valence-electron chi connectivity index (χ1n) is 7.60. The number of Topliss-reactive ketones (excluding diaryl/α,β-unsaturated/α-hetero) is 1. The average molecular weight is 332 g/mol. The number of carbonyl (C=O) groups excluding carboxylic acids is 2. The van der Waals surface area contributed by atoms with Gasteiger partial charge in [-0.05, 0) is 36.4 Å². The van der Waals surface area contributed by atoms with Gasteiger partial charge in [-0.15, -0.1) is 0 Å². The van der Waals surface area contributed by atoms with Crippen LogP contribution < -0.4 is 9.47 Å². The van der Waals surface area contributed by atoms with E-state index in [9.17, 15) is 9.59 Å². The second-order valence-corrected chi connectivity index (χ2v) is 5.37. The molecule has 2 heterocycles. The van der Waals surface area contributed by atoms with Crippen LogP contribution in [0.5, 0.6) is 11.5 Å². The van der Waals surface area contributed by atoms with Gasteiger partial charge in [0, 0.05) is 12.1 Å². The van der Waals surface area contributed by atoms with E-state index in [1.54, 1.807) is 48.5 Å². The zero-order chi connectivity index (χ0) is 17.2. The van der Waals surface area contributed by atoms with Crippen molar-refractivity contribution in [3.05, 3.63) is 89.6 Å². The third-order valence-electron chi connectivity index (χ3n) is 3.68. The molecule has 2 aromatic carbocycles. The Labute approximate surface area is 143 Å². The van der Waals surface area contributed by atoms with Crippen LogP contribution in [0.1, 0.15) is 26.5 Å². The fourth-order valence-electron chi connectivity index (χ4n) is 2.47. The molecule has 0 N–H and O–H groups in total. The number of ether oxygens (including phenoxy) is 2. The fourth-order valence-corrected chi connectivity index (χ4v) is 2.47. The van der Waals surface area contributed by atoms with Crippen molar-refractivity contribution in [1.82, 2.24) is 0 Å². The Morgan fingerprint density at radius 1 is 1.00 bits per heavy atom. The normalized spacial score (nSPS) is 14.2. The number of ketones is 1. The minimum absolute atomic E-state index is 0.163. The van der Waals surface area contributed by atoms with Crippen LogP contribution >= 0.6 is 0 Å². The zero-order valence-electron chi connectivity index (χ0n) is 13.0. The summed E-state index contributed by atoms with van der Waals surface area (Å²) in [6.45, 7) is 0. The fraction of sp³-hybridized carbons (Fsp3) is 0. The molecule has 0 atom stereocenters. The Morgan fingerprint density at radius 3 is 2.60 bits per heavy atom. The summed E-state index contributed by atoms with van der Waals surface area (Å²) in [6.07, 6.45) is 3.04. The van der Waals surface area contributed by atoms with Crippen LogP contribution in [0.3, 0.4) is 0 Å². The first-order chi connectivity index (χ1) is 12.2. The molecule has 5 heteroatoms. The van der Waals surface area contributed by atoms with Crippen LogP contribution in [0, 0.1) is 0 Å². The molecule has 122 valence electrons. The van der Waals surface area contributed by atoms with E-state index in [4.69, 9.17) is 13.9 Å². The lowest BCUT2D eigenvalue weighted by atomic mass is 10.1. The van der Waals surface area contributed by atoms with E-state index >= 15 is 0 Å². The van der Waals surface area contributed by atoms with E-state index in [0.717, 1.165) is 0 Å². The van der Waals surface area contributed by atoms with Crippen molar-refractivity contribution in [2.45, 2.75) is 0 Å². The van der Waals surface area contributed by atoms with E-state index < -0.39 is 5.97 Å². The average Bonchev–Trinajstić information content (AvgIpc) is 3.24. The summed E-state index contributed by atoms with van der Waals surface area (Å²) in [7, 11) is 0. The molecule has 3 aromatic rings. The highest BCUT2D eigenvalue weighted by Gasteiger charge is 2.28. The summed E-state index contributed by atoms with van der Waals surface area (Å²) in [5.74, 6) is 0.618. The summed E-state index contributed by atoms with van der Waals surface area (Å²) in [5, 5.41) is 0. The summed E-state index contributed by atoms with van der Waals surface area (Å²) in [5.41, 5.74) is 0.857. The topological polar surface area (TPSA) is 65.7 Å². The lowest BCUT2D eigenvalue weighted by molar-refractivity contribution is 0.0734. The molecule has 0 fully saturated rings. The van der Waals surface area contributed by atoms with Crippen LogP contribution in [0.25, 0.3) is 6.08 Å². The molecule has 0 unspecified atom stereocenters. The van der Waals surface area contributed by atoms with Crippen molar-refractivity contribution < 1.29 is 23.5 Å². The Bertz CT molecular complexity index is 969. The zero-order valence-corrected chi connectivity index (χ0v) is 13.0. The van der Waals surface area contributed by atoms with E-state index in [1.165, 1.54) is 18.4 Å². The number of carbonyl (C=O) groups is 2. The van der Waals surface area contributed by atoms with Crippen molar-refractivity contribution in [1.29, 1.82) is 0 Å². The van der Waals surface area contributed by atoms with Crippen LogP contribution in [0.2, 0.25) is 0 Å². The van der Waals surface area contributed by atoms with E-state index in [2.05, 4.69) is 0 Å². The van der Waals surface area contributed by atoms with Crippen molar-refractivity contribution >= 4 is 17.8 Å². The number of benzene rings is 2. The van der Waals surface area contributed by atoms with Gasteiger partial charge in [0.15, 0.2) is 5.76 Å². The minimum atomic E-state index is -0.476. The molecule has 0 radical (unpaired) electrons. The number of fused-ring (bicyclic) bond motifs is 1. The van der Waals surface area contributed by atoms with Crippen molar-refractivity contribution in [2.75, 3.05) is 0 Å². The highest BCUT2D eigenvalue weighted by atomic mass is 16.5. The van der Waals surface area contributed by atoms with Gasteiger partial charge in [0.2, 0.25) is 5.78 Å². The summed E-state index contributed by atoms with van der Waals surface area (Å²) < 4.78 is 16.1. The maximum atomic E-state index is 12.3. The number of rotatable bonds is 3. The summed E-state index contributed by atoms with van der Waals surface area (Å²) in [6, 6.07) is 16.8. The smallest absolute Gasteiger partial charge is 0.343 e. The first-order valence-corrected chi connectivity index (χ1v) is 7.60. The number of furan rings is 1. The Hall–Kier alpha value is -3.60. The maximum absolute atomic E-state index is 12.3. The van der Waals surface area contributed by atoms with Crippen molar-refractivity contribution in [2.24, 2.45) is 0 Å². The van der Waals surface area contributed by atoms with Gasteiger partial charge in [-0.25, -0.2) is 4.79 Å². The maximum Gasteiger partial charge on any atom is 0.343 e. The minimum Gasteiger partial charge on any atom is -0.465 e. The van der Waals surface area contributed by atoms with Gasteiger partial charge in [-0.2, -0.15) is 0 Å². The number of hydrogen-bond acceptors (Lipinski definition) is 5. The Balaban J connectivity index is 1.56. The van der Waals surface area contributed by atoms with Gasteiger partial charge in [0.25, 0.3) is 0 Å². The Morgan fingerprint density at radius 2 is 1.84 bits per heavy atom. The third-order valence-corrected chi connectivity index (χ3v) is 3.68. The highest BCUT2D eigenvalue weighted by Crippen LogP contribution is 2.35. The molecule has 0 saturated heterocycles. The van der Waals surface area contributed by atoms with Gasteiger partial charge < -0.3 is 13.9 Å². The van der Waals surface area contributed by atoms with Gasteiger partial charge in [-0.1, -0.05) is 18.2 Å². The van der Waals surface area contributed by atoms with Crippen LogP contribution in [0.15, 0.2) is 77.1 Å². The first kappa shape index (κ1) is 15.0. The second kappa shape index (κ2) is 6.13. The number of hydrogen-bond donors (Lipinski definition) is 0. The highest BCUT2D eigenvalue weighted by molar-refractivity contribution is 6.14. The monoisotopic (exact) mass is 332 g/mol. The number of esters is 1. The molecule has 1 aromatic heterocycles. The summed E-state index contributed by atoms with van der Waals surface area (Å²) >= 11 is 0.